The monoisotopic (exact) mass is 385 g/mol. The van der Waals surface area contributed by atoms with Gasteiger partial charge in [0.1, 0.15) is 5.75 Å². The minimum atomic E-state index is -0.436. The van der Waals surface area contributed by atoms with E-state index in [2.05, 4.69) is 10.2 Å². The number of non-ortho nitro benzene ring substituents is 1. The second kappa shape index (κ2) is 8.54. The number of hydrogen-bond acceptors (Lipinski definition) is 7. The van der Waals surface area contributed by atoms with Crippen molar-refractivity contribution in [2.45, 2.75) is 18.5 Å². The quantitative estimate of drug-likeness (QED) is 0.208. The zero-order chi connectivity index (χ0) is 19.2. The summed E-state index contributed by atoms with van der Waals surface area (Å²) in [5, 5.41) is 19.6. The van der Waals surface area contributed by atoms with E-state index >= 15 is 0 Å². The van der Waals surface area contributed by atoms with Crippen LogP contribution in [-0.2, 0) is 0 Å². The molecule has 0 spiro atoms. The van der Waals surface area contributed by atoms with Gasteiger partial charge in [0.2, 0.25) is 5.16 Å². The zero-order valence-electron chi connectivity index (χ0n) is 14.7. The van der Waals surface area contributed by atoms with Gasteiger partial charge in [0.05, 0.1) is 11.5 Å². The molecular weight excluding hydrogens is 366 g/mol. The molecule has 0 radical (unpaired) electrons. The maximum absolute atomic E-state index is 10.6. The Morgan fingerprint density at radius 1 is 1.15 bits per heavy atom. The highest BCUT2D eigenvalue weighted by Gasteiger charge is 2.12. The third kappa shape index (κ3) is 4.76. The van der Waals surface area contributed by atoms with Crippen molar-refractivity contribution in [2.24, 2.45) is 0 Å². The summed E-state index contributed by atoms with van der Waals surface area (Å²) in [6.45, 7) is 2.52. The molecule has 2 N–H and O–H groups in total. The first-order valence-electron chi connectivity index (χ1n) is 8.32. The fourth-order valence-corrected chi connectivity index (χ4v) is 3.12. The van der Waals surface area contributed by atoms with Crippen molar-refractivity contribution in [1.29, 1.82) is 0 Å². The fourth-order valence-electron chi connectivity index (χ4n) is 2.35. The van der Waals surface area contributed by atoms with Gasteiger partial charge in [-0.1, -0.05) is 41.6 Å². The van der Waals surface area contributed by atoms with E-state index < -0.39 is 4.92 Å². The fraction of sp³-hybridized carbons (Fsp3) is 0.222. The molecule has 0 unspecified atom stereocenters. The molecule has 0 fully saturated rings. The summed E-state index contributed by atoms with van der Waals surface area (Å²) in [6, 6.07) is 14.0. The Hall–Kier alpha value is -3.07. The van der Waals surface area contributed by atoms with Crippen LogP contribution in [0, 0.1) is 17.0 Å². The standard InChI is InChI=1S/C18H19N5O3S/c1-13-3-5-14(6-4-13)17-20-21-18(22(17)19)27-12-2-11-26-16-9-7-15(8-10-16)23(24)25/h3-10H,2,11-12,19H2,1H3. The molecule has 9 heteroatoms. The number of nitrogens with two attached hydrogens (primary N) is 1. The van der Waals surface area contributed by atoms with Crippen LogP contribution in [0.1, 0.15) is 12.0 Å². The predicted octanol–water partition coefficient (Wildman–Crippen LogP) is 3.44. The molecule has 0 aliphatic carbocycles. The number of hydrogen-bond donors (Lipinski definition) is 1. The Kier molecular flexibility index (Phi) is 5.92. The molecule has 1 heterocycles. The number of benzene rings is 2. The van der Waals surface area contributed by atoms with Crippen LogP contribution in [0.25, 0.3) is 11.4 Å². The van der Waals surface area contributed by atoms with Crippen LogP contribution in [0.4, 0.5) is 5.69 Å². The van der Waals surface area contributed by atoms with Crippen LogP contribution in [0.2, 0.25) is 0 Å². The largest absolute Gasteiger partial charge is 0.494 e. The lowest BCUT2D eigenvalue weighted by Crippen LogP contribution is -2.11. The first-order valence-corrected chi connectivity index (χ1v) is 9.31. The van der Waals surface area contributed by atoms with E-state index in [9.17, 15) is 10.1 Å². The first-order chi connectivity index (χ1) is 13.0. The molecule has 0 atom stereocenters. The number of aryl methyl sites for hydroxylation is 1. The SMILES string of the molecule is Cc1ccc(-c2nnc(SCCCOc3ccc([N+](=O)[O-])cc3)n2N)cc1. The average Bonchev–Trinajstić information content (AvgIpc) is 3.03. The predicted molar refractivity (Wildman–Crippen MR) is 104 cm³/mol. The summed E-state index contributed by atoms with van der Waals surface area (Å²) in [5.74, 6) is 8.09. The molecule has 3 rings (SSSR count). The summed E-state index contributed by atoms with van der Waals surface area (Å²) in [7, 11) is 0. The van der Waals surface area contributed by atoms with E-state index in [4.69, 9.17) is 10.6 Å². The van der Waals surface area contributed by atoms with Gasteiger partial charge in [-0.25, -0.2) is 4.68 Å². The average molecular weight is 385 g/mol. The molecular formula is C18H19N5O3S. The van der Waals surface area contributed by atoms with Gasteiger partial charge >= 0.3 is 0 Å². The Morgan fingerprint density at radius 2 is 1.85 bits per heavy atom. The molecule has 3 aromatic rings. The summed E-state index contributed by atoms with van der Waals surface area (Å²) in [4.78, 5) is 10.2. The molecule has 0 saturated heterocycles. The molecule has 0 aliphatic heterocycles. The molecule has 2 aromatic carbocycles. The Balaban J connectivity index is 1.47. The van der Waals surface area contributed by atoms with Crippen molar-refractivity contribution in [2.75, 3.05) is 18.2 Å². The number of nitrogen functional groups attached to an aromatic ring is 1. The van der Waals surface area contributed by atoms with Gasteiger partial charge in [-0.05, 0) is 25.5 Å². The van der Waals surface area contributed by atoms with Crippen molar-refractivity contribution >= 4 is 17.4 Å². The molecule has 0 saturated carbocycles. The first kappa shape index (κ1) is 18.7. The smallest absolute Gasteiger partial charge is 0.269 e. The van der Waals surface area contributed by atoms with Gasteiger partial charge in [-0.15, -0.1) is 10.2 Å². The van der Waals surface area contributed by atoms with E-state index in [0.717, 1.165) is 17.7 Å². The van der Waals surface area contributed by atoms with Crippen LogP contribution in [0.5, 0.6) is 5.75 Å². The minimum absolute atomic E-state index is 0.0459. The van der Waals surface area contributed by atoms with Crippen LogP contribution >= 0.6 is 11.8 Å². The maximum atomic E-state index is 10.6. The van der Waals surface area contributed by atoms with Gasteiger partial charge < -0.3 is 10.6 Å². The normalized spacial score (nSPS) is 10.7. The van der Waals surface area contributed by atoms with Crippen LogP contribution in [0.15, 0.2) is 53.7 Å². The van der Waals surface area contributed by atoms with Gasteiger partial charge in [-0.3, -0.25) is 10.1 Å². The molecule has 1 aromatic heterocycles. The number of nitrogens with zero attached hydrogens (tertiary/aromatic N) is 4. The third-order valence-corrected chi connectivity index (χ3v) is 4.84. The number of thioether (sulfide) groups is 1. The minimum Gasteiger partial charge on any atom is -0.494 e. The van der Waals surface area contributed by atoms with Crippen molar-refractivity contribution in [3.8, 4) is 17.1 Å². The summed E-state index contributed by atoms with van der Waals surface area (Å²) < 4.78 is 7.08. The van der Waals surface area contributed by atoms with Gasteiger partial charge in [0.25, 0.3) is 5.69 Å². The van der Waals surface area contributed by atoms with Crippen molar-refractivity contribution in [3.05, 3.63) is 64.2 Å². The number of nitro benzene ring substituents is 1. The summed E-state index contributed by atoms with van der Waals surface area (Å²) in [5.41, 5.74) is 2.14. The maximum Gasteiger partial charge on any atom is 0.269 e. The van der Waals surface area contributed by atoms with E-state index in [-0.39, 0.29) is 5.69 Å². The lowest BCUT2D eigenvalue weighted by atomic mass is 10.1. The second-order valence-corrected chi connectivity index (χ2v) is 6.91. The zero-order valence-corrected chi connectivity index (χ0v) is 15.6. The molecule has 140 valence electrons. The van der Waals surface area contributed by atoms with Gasteiger partial charge in [-0.2, -0.15) is 0 Å². The molecule has 0 amide bonds. The van der Waals surface area contributed by atoms with E-state index in [1.807, 2.05) is 31.2 Å². The summed E-state index contributed by atoms with van der Waals surface area (Å²) in [6.07, 6.45) is 0.772. The number of nitro groups is 1. The number of aromatic nitrogens is 3. The van der Waals surface area contributed by atoms with Crippen molar-refractivity contribution < 1.29 is 9.66 Å². The Morgan fingerprint density at radius 3 is 2.52 bits per heavy atom. The molecule has 0 bridgehead atoms. The lowest BCUT2D eigenvalue weighted by Gasteiger charge is -2.06. The van der Waals surface area contributed by atoms with Crippen LogP contribution in [-0.4, -0.2) is 32.2 Å². The Labute approximate surface area is 160 Å². The van der Waals surface area contributed by atoms with Crippen molar-refractivity contribution in [1.82, 2.24) is 14.9 Å². The van der Waals surface area contributed by atoms with Crippen molar-refractivity contribution in [3.63, 3.8) is 0 Å². The second-order valence-electron chi connectivity index (χ2n) is 5.84. The number of rotatable bonds is 8. The van der Waals surface area contributed by atoms with Gasteiger partial charge in [0, 0.05) is 23.4 Å². The highest BCUT2D eigenvalue weighted by atomic mass is 32.2. The topological polar surface area (TPSA) is 109 Å². The highest BCUT2D eigenvalue weighted by Crippen LogP contribution is 2.22. The molecule has 0 aliphatic rings. The van der Waals surface area contributed by atoms with Gasteiger partial charge in [0.15, 0.2) is 5.82 Å². The highest BCUT2D eigenvalue weighted by molar-refractivity contribution is 7.99. The van der Waals surface area contributed by atoms with E-state index in [0.29, 0.717) is 23.3 Å². The summed E-state index contributed by atoms with van der Waals surface area (Å²) >= 11 is 1.50. The van der Waals surface area contributed by atoms with E-state index in [1.54, 1.807) is 12.1 Å². The van der Waals surface area contributed by atoms with Crippen LogP contribution in [0.3, 0.4) is 0 Å². The third-order valence-electron chi connectivity index (χ3n) is 3.81. The van der Waals surface area contributed by atoms with E-state index in [1.165, 1.54) is 34.1 Å². The molecule has 8 nitrogen and oxygen atoms in total. The molecule has 27 heavy (non-hydrogen) atoms. The van der Waals surface area contributed by atoms with Crippen LogP contribution < -0.4 is 10.6 Å². The Bertz CT molecular complexity index is 910. The lowest BCUT2D eigenvalue weighted by molar-refractivity contribution is -0.384. The number of ether oxygens (including phenoxy) is 1.